The van der Waals surface area contributed by atoms with Crippen molar-refractivity contribution in [2.75, 3.05) is 26.3 Å². The number of aliphatic hydroxyl groups excluding tert-OH is 1. The number of β-amino-alcohol motifs (C(OH)–C–C–N with tert-alkyl or cyclic N) is 1. The summed E-state index contributed by atoms with van der Waals surface area (Å²) in [4.78, 5) is 23.6. The van der Waals surface area contributed by atoms with Crippen LogP contribution in [0.3, 0.4) is 0 Å². The Kier molecular flexibility index (Phi) is 3.84. The van der Waals surface area contributed by atoms with E-state index in [1.165, 1.54) is 4.90 Å². The molecule has 1 rings (SSSR count). The first-order valence-corrected chi connectivity index (χ1v) is 4.44. The molecule has 80 valence electrons. The number of hydrogen-bond acceptors (Lipinski definition) is 4. The quantitative estimate of drug-likeness (QED) is 0.556. The first-order chi connectivity index (χ1) is 6.65. The molecule has 1 aliphatic heterocycles. The lowest BCUT2D eigenvalue weighted by Crippen LogP contribution is -2.49. The molecule has 1 unspecified atom stereocenters. The summed E-state index contributed by atoms with van der Waals surface area (Å²) in [6.45, 7) is 1.02. The molecule has 6 nitrogen and oxygen atoms in total. The Hall–Kier alpha value is -1.14. The molecule has 1 saturated heterocycles. The van der Waals surface area contributed by atoms with Crippen LogP contribution in [0.1, 0.15) is 6.42 Å². The molecule has 3 N–H and O–H groups in total. The number of carbonyl (C=O) groups is 2. The van der Waals surface area contributed by atoms with Gasteiger partial charge in [0, 0.05) is 13.1 Å². The van der Waals surface area contributed by atoms with Crippen molar-refractivity contribution >= 4 is 11.8 Å². The molecule has 1 heterocycles. The molecule has 6 heteroatoms. The van der Waals surface area contributed by atoms with Crippen molar-refractivity contribution in [1.82, 2.24) is 4.90 Å². The van der Waals surface area contributed by atoms with Crippen LogP contribution in [-0.4, -0.2) is 54.2 Å². The SMILES string of the molecule is NC(=O)CC1OCCN(CCO)C1=O. The van der Waals surface area contributed by atoms with Crippen LogP contribution < -0.4 is 5.73 Å². The number of ether oxygens (including phenoxy) is 1. The average Bonchev–Trinajstić information content (AvgIpc) is 2.11. The fourth-order valence-corrected chi connectivity index (χ4v) is 1.36. The number of nitrogens with zero attached hydrogens (tertiary/aromatic N) is 1. The zero-order valence-corrected chi connectivity index (χ0v) is 7.81. The number of primary amides is 1. The van der Waals surface area contributed by atoms with E-state index in [1.807, 2.05) is 0 Å². The smallest absolute Gasteiger partial charge is 0.252 e. The van der Waals surface area contributed by atoms with E-state index in [0.717, 1.165) is 0 Å². The van der Waals surface area contributed by atoms with Gasteiger partial charge in [0.15, 0.2) is 0 Å². The summed E-state index contributed by atoms with van der Waals surface area (Å²) in [7, 11) is 0. The summed E-state index contributed by atoms with van der Waals surface area (Å²) >= 11 is 0. The summed E-state index contributed by atoms with van der Waals surface area (Å²) < 4.78 is 5.10. The number of morpholine rings is 1. The van der Waals surface area contributed by atoms with Crippen LogP contribution in [0.4, 0.5) is 0 Å². The van der Waals surface area contributed by atoms with Crippen LogP contribution in [0.2, 0.25) is 0 Å². The number of carbonyl (C=O) groups excluding carboxylic acids is 2. The molecule has 0 saturated carbocycles. The molecular formula is C8H14N2O4. The molecule has 0 radical (unpaired) electrons. The minimum atomic E-state index is -0.771. The topological polar surface area (TPSA) is 92.9 Å². The molecule has 0 aromatic heterocycles. The second-order valence-electron chi connectivity index (χ2n) is 3.08. The lowest BCUT2D eigenvalue weighted by atomic mass is 10.2. The van der Waals surface area contributed by atoms with Crippen molar-refractivity contribution in [1.29, 1.82) is 0 Å². The summed E-state index contributed by atoms with van der Waals surface area (Å²) in [5.74, 6) is -0.835. The van der Waals surface area contributed by atoms with E-state index < -0.39 is 12.0 Å². The molecule has 0 aliphatic carbocycles. The lowest BCUT2D eigenvalue weighted by molar-refractivity contribution is -0.155. The van der Waals surface area contributed by atoms with Gasteiger partial charge in [-0.05, 0) is 0 Å². The summed E-state index contributed by atoms with van der Waals surface area (Å²) in [5.41, 5.74) is 4.97. The van der Waals surface area contributed by atoms with Gasteiger partial charge in [-0.25, -0.2) is 0 Å². The molecule has 1 fully saturated rings. The van der Waals surface area contributed by atoms with Crippen LogP contribution in [0.15, 0.2) is 0 Å². The monoisotopic (exact) mass is 202 g/mol. The fourth-order valence-electron chi connectivity index (χ4n) is 1.36. The molecule has 1 atom stereocenters. The molecule has 0 aromatic rings. The highest BCUT2D eigenvalue weighted by molar-refractivity contribution is 5.87. The van der Waals surface area contributed by atoms with Gasteiger partial charge in [0.1, 0.15) is 6.10 Å². The van der Waals surface area contributed by atoms with E-state index in [1.54, 1.807) is 0 Å². The maximum atomic E-state index is 11.5. The maximum absolute atomic E-state index is 11.5. The van der Waals surface area contributed by atoms with E-state index in [2.05, 4.69) is 0 Å². The van der Waals surface area contributed by atoms with Crippen LogP contribution in [-0.2, 0) is 14.3 Å². The molecule has 1 aliphatic rings. The van der Waals surface area contributed by atoms with Crippen molar-refractivity contribution < 1.29 is 19.4 Å². The number of aliphatic hydroxyl groups is 1. The third-order valence-corrected chi connectivity index (χ3v) is 2.02. The van der Waals surface area contributed by atoms with Gasteiger partial charge in [0.25, 0.3) is 5.91 Å². The Labute approximate surface area is 81.6 Å². The van der Waals surface area contributed by atoms with Crippen LogP contribution in [0.25, 0.3) is 0 Å². The zero-order valence-electron chi connectivity index (χ0n) is 7.81. The molecule has 14 heavy (non-hydrogen) atoms. The average molecular weight is 202 g/mol. The number of rotatable bonds is 4. The van der Waals surface area contributed by atoms with Gasteiger partial charge in [-0.1, -0.05) is 0 Å². The van der Waals surface area contributed by atoms with Crippen molar-refractivity contribution in [3.63, 3.8) is 0 Å². The Bertz CT molecular complexity index is 229. The zero-order chi connectivity index (χ0) is 10.6. The molecular weight excluding hydrogens is 188 g/mol. The second kappa shape index (κ2) is 4.92. The first-order valence-electron chi connectivity index (χ1n) is 4.44. The van der Waals surface area contributed by atoms with E-state index >= 15 is 0 Å². The first kappa shape index (κ1) is 10.9. The minimum absolute atomic E-state index is 0.0883. The maximum Gasteiger partial charge on any atom is 0.252 e. The molecule has 0 bridgehead atoms. The Morgan fingerprint density at radius 1 is 1.71 bits per heavy atom. The highest BCUT2D eigenvalue weighted by atomic mass is 16.5. The summed E-state index contributed by atoms with van der Waals surface area (Å²) in [6.07, 6.45) is -0.867. The number of hydrogen-bond donors (Lipinski definition) is 2. The Morgan fingerprint density at radius 3 is 3.00 bits per heavy atom. The Morgan fingerprint density at radius 2 is 2.43 bits per heavy atom. The van der Waals surface area contributed by atoms with Gasteiger partial charge >= 0.3 is 0 Å². The second-order valence-corrected chi connectivity index (χ2v) is 3.08. The summed E-state index contributed by atoms with van der Waals surface area (Å²) in [5, 5.41) is 8.68. The van der Waals surface area contributed by atoms with E-state index in [9.17, 15) is 9.59 Å². The normalized spacial score (nSPS) is 22.5. The number of nitrogens with two attached hydrogens (primary N) is 1. The highest BCUT2D eigenvalue weighted by Gasteiger charge is 2.30. The van der Waals surface area contributed by atoms with Gasteiger partial charge in [0.2, 0.25) is 5.91 Å². The predicted octanol–water partition coefficient (Wildman–Crippen LogP) is -1.92. The van der Waals surface area contributed by atoms with Gasteiger partial charge in [-0.2, -0.15) is 0 Å². The third kappa shape index (κ3) is 2.68. The predicted molar refractivity (Wildman–Crippen MR) is 47.2 cm³/mol. The minimum Gasteiger partial charge on any atom is -0.395 e. The third-order valence-electron chi connectivity index (χ3n) is 2.02. The highest BCUT2D eigenvalue weighted by Crippen LogP contribution is 2.09. The largest absolute Gasteiger partial charge is 0.395 e. The van der Waals surface area contributed by atoms with Gasteiger partial charge < -0.3 is 20.5 Å². The van der Waals surface area contributed by atoms with Crippen molar-refractivity contribution in [3.8, 4) is 0 Å². The van der Waals surface area contributed by atoms with Gasteiger partial charge in [0.05, 0.1) is 19.6 Å². The lowest BCUT2D eigenvalue weighted by Gasteiger charge is -2.31. The van der Waals surface area contributed by atoms with Crippen LogP contribution in [0.5, 0.6) is 0 Å². The van der Waals surface area contributed by atoms with E-state index in [-0.39, 0.29) is 25.5 Å². The standard InChI is InChI=1S/C8H14N2O4/c9-7(12)5-6-8(13)10(1-3-11)2-4-14-6/h6,11H,1-5H2,(H2,9,12). The number of amides is 2. The molecule has 0 spiro atoms. The Balaban J connectivity index is 2.52. The van der Waals surface area contributed by atoms with Crippen molar-refractivity contribution in [2.24, 2.45) is 5.73 Å². The van der Waals surface area contributed by atoms with Crippen molar-refractivity contribution in [3.05, 3.63) is 0 Å². The summed E-state index contributed by atoms with van der Waals surface area (Å²) in [6, 6.07) is 0. The van der Waals surface area contributed by atoms with Crippen LogP contribution >= 0.6 is 0 Å². The fraction of sp³-hybridized carbons (Fsp3) is 0.750. The van der Waals surface area contributed by atoms with Crippen molar-refractivity contribution in [2.45, 2.75) is 12.5 Å². The van der Waals surface area contributed by atoms with E-state index in [0.29, 0.717) is 13.2 Å². The van der Waals surface area contributed by atoms with Gasteiger partial charge in [-0.3, -0.25) is 9.59 Å². The molecule has 2 amide bonds. The molecule has 0 aromatic carbocycles. The van der Waals surface area contributed by atoms with Crippen LogP contribution in [0, 0.1) is 0 Å². The van der Waals surface area contributed by atoms with Gasteiger partial charge in [-0.15, -0.1) is 0 Å². The van der Waals surface area contributed by atoms with E-state index in [4.69, 9.17) is 15.6 Å².